The van der Waals surface area contributed by atoms with Gasteiger partial charge in [-0.1, -0.05) is 36.8 Å². The summed E-state index contributed by atoms with van der Waals surface area (Å²) in [5.74, 6) is -1.12. The Bertz CT molecular complexity index is 1250. The van der Waals surface area contributed by atoms with Crippen molar-refractivity contribution in [2.75, 3.05) is 24.5 Å². The number of nitrogens with zero attached hydrogens (tertiary/aromatic N) is 5. The van der Waals surface area contributed by atoms with Crippen LogP contribution in [0.3, 0.4) is 0 Å². The molecule has 2 aliphatic rings. The Hall–Kier alpha value is -2.85. The van der Waals surface area contributed by atoms with Gasteiger partial charge in [0.2, 0.25) is 10.0 Å². The van der Waals surface area contributed by atoms with Crippen LogP contribution in [0.4, 0.5) is 14.5 Å². The molecule has 0 spiro atoms. The molecule has 3 aromatic rings. The summed E-state index contributed by atoms with van der Waals surface area (Å²) in [5, 5.41) is 7.00. The average Bonchev–Trinajstić information content (AvgIpc) is 3.36. The van der Waals surface area contributed by atoms with Crippen LogP contribution in [0.1, 0.15) is 54.5 Å². The van der Waals surface area contributed by atoms with Gasteiger partial charge in [-0.3, -0.25) is 0 Å². The van der Waals surface area contributed by atoms with Crippen LogP contribution < -0.4 is 4.90 Å². The number of sulfonamides is 1. The lowest BCUT2D eigenvalue weighted by Crippen LogP contribution is -2.35. The van der Waals surface area contributed by atoms with Gasteiger partial charge in [0.25, 0.3) is 0 Å². The van der Waals surface area contributed by atoms with E-state index in [4.69, 9.17) is 0 Å². The van der Waals surface area contributed by atoms with Crippen LogP contribution in [0.15, 0.2) is 55.1 Å². The zero-order valence-electron chi connectivity index (χ0n) is 19.4. The Kier molecular flexibility index (Phi) is 6.84. The highest BCUT2D eigenvalue weighted by atomic mass is 32.2. The van der Waals surface area contributed by atoms with Gasteiger partial charge in [0.05, 0.1) is 5.69 Å². The first kappa shape index (κ1) is 23.9. The van der Waals surface area contributed by atoms with Crippen molar-refractivity contribution in [3.05, 3.63) is 77.9 Å². The molecule has 2 saturated heterocycles. The molecule has 0 amide bonds. The van der Waals surface area contributed by atoms with Crippen molar-refractivity contribution in [2.45, 2.75) is 49.9 Å². The summed E-state index contributed by atoms with van der Waals surface area (Å²) in [7, 11) is -3.72. The summed E-state index contributed by atoms with van der Waals surface area (Å²) >= 11 is 0. The monoisotopic (exact) mass is 501 g/mol. The maximum Gasteiger partial charge on any atom is 0.221 e. The van der Waals surface area contributed by atoms with Gasteiger partial charge in [0.1, 0.15) is 29.5 Å². The molecule has 0 bridgehead atoms. The van der Waals surface area contributed by atoms with E-state index in [9.17, 15) is 8.42 Å². The minimum Gasteiger partial charge on any atom is -0.369 e. The normalized spacial score (nSPS) is 21.7. The molecule has 2 aliphatic heterocycles. The predicted molar refractivity (Wildman–Crippen MR) is 129 cm³/mol. The first-order valence-electron chi connectivity index (χ1n) is 12.0. The zero-order valence-corrected chi connectivity index (χ0v) is 20.2. The van der Waals surface area contributed by atoms with Crippen molar-refractivity contribution >= 4 is 15.7 Å². The summed E-state index contributed by atoms with van der Waals surface area (Å²) in [6.07, 6.45) is 6.86. The second kappa shape index (κ2) is 10.0. The van der Waals surface area contributed by atoms with Crippen LogP contribution in [0, 0.1) is 11.6 Å². The summed E-state index contributed by atoms with van der Waals surface area (Å²) in [4.78, 5) is 1.84. The number of rotatable bonds is 5. The van der Waals surface area contributed by atoms with E-state index < -0.39 is 26.9 Å². The largest absolute Gasteiger partial charge is 0.369 e. The van der Waals surface area contributed by atoms with E-state index in [2.05, 4.69) is 10.2 Å². The van der Waals surface area contributed by atoms with Crippen molar-refractivity contribution in [1.82, 2.24) is 19.1 Å². The van der Waals surface area contributed by atoms with Gasteiger partial charge in [-0.05, 0) is 37.3 Å². The van der Waals surface area contributed by atoms with Crippen molar-refractivity contribution in [1.29, 1.82) is 0 Å². The first-order valence-corrected chi connectivity index (χ1v) is 13.5. The Morgan fingerprint density at radius 1 is 0.886 bits per heavy atom. The molecule has 5 rings (SSSR count). The van der Waals surface area contributed by atoms with E-state index >= 15 is 8.78 Å². The number of hydrogen-bond acceptors (Lipinski definition) is 5. The fraction of sp³-hybridized carbons (Fsp3) is 0.440. The molecule has 2 aromatic carbocycles. The third-order valence-corrected chi connectivity index (χ3v) is 9.40. The molecule has 0 saturated carbocycles. The molecule has 2 fully saturated rings. The number of halogens is 2. The first-order chi connectivity index (χ1) is 16.9. The fourth-order valence-corrected chi connectivity index (χ4v) is 7.21. The predicted octanol–water partition coefficient (Wildman–Crippen LogP) is 4.45. The maximum absolute atomic E-state index is 15.2. The van der Waals surface area contributed by atoms with E-state index in [0.29, 0.717) is 32.5 Å². The molecule has 0 radical (unpaired) electrons. The fourth-order valence-electron chi connectivity index (χ4n) is 5.18. The lowest BCUT2D eigenvalue weighted by atomic mass is 10.0. The van der Waals surface area contributed by atoms with Crippen molar-refractivity contribution in [2.24, 2.45) is 0 Å². The molecule has 186 valence electrons. The number of piperidine rings is 1. The zero-order chi connectivity index (χ0) is 24.4. The summed E-state index contributed by atoms with van der Waals surface area (Å²) in [6.45, 7) is 1.28. The topological polar surface area (TPSA) is 71.3 Å². The van der Waals surface area contributed by atoms with Crippen LogP contribution in [0.5, 0.6) is 0 Å². The number of hydrogen-bond donors (Lipinski definition) is 0. The third kappa shape index (κ3) is 4.95. The highest BCUT2D eigenvalue weighted by molar-refractivity contribution is 7.89. The van der Waals surface area contributed by atoms with Crippen LogP contribution in [-0.4, -0.2) is 47.1 Å². The molecule has 7 nitrogen and oxygen atoms in total. The smallest absolute Gasteiger partial charge is 0.221 e. The van der Waals surface area contributed by atoms with Crippen molar-refractivity contribution < 1.29 is 17.2 Å². The minimum atomic E-state index is -3.72. The molecule has 0 unspecified atom stereocenters. The Morgan fingerprint density at radius 2 is 1.60 bits per heavy atom. The van der Waals surface area contributed by atoms with Gasteiger partial charge in [0.15, 0.2) is 0 Å². The molecule has 1 atom stereocenters. The van der Waals surface area contributed by atoms with E-state index in [1.165, 1.54) is 10.4 Å². The standard InChI is InChI=1S/C25H29F2N5O2S/c26-22-15-24(30-12-9-21(10-13-30)31-17-28-29-18-31)23(27)14-20(22)16-32-11-5-4-8-25(35(32,33)34)19-6-2-1-3-7-19/h1-3,6-7,14-15,17-18,21,25H,4-5,8-13,16H2/t25-/m0/s1. The van der Waals surface area contributed by atoms with E-state index in [1.54, 1.807) is 12.7 Å². The molecular formula is C25H29F2N5O2S. The molecule has 0 N–H and O–H groups in total. The molecular weight excluding hydrogens is 472 g/mol. The van der Waals surface area contributed by atoms with Crippen LogP contribution in [0.2, 0.25) is 0 Å². The number of benzene rings is 2. The van der Waals surface area contributed by atoms with Gasteiger partial charge in [-0.2, -0.15) is 4.31 Å². The van der Waals surface area contributed by atoms with Gasteiger partial charge < -0.3 is 9.47 Å². The van der Waals surface area contributed by atoms with Gasteiger partial charge >= 0.3 is 0 Å². The quantitative estimate of drug-likeness (QED) is 0.517. The van der Waals surface area contributed by atoms with E-state index in [0.717, 1.165) is 30.9 Å². The van der Waals surface area contributed by atoms with Crippen LogP contribution in [0.25, 0.3) is 0 Å². The van der Waals surface area contributed by atoms with Crippen molar-refractivity contribution in [3.8, 4) is 0 Å². The second-order valence-electron chi connectivity index (χ2n) is 9.30. The second-order valence-corrected chi connectivity index (χ2v) is 11.4. The molecule has 35 heavy (non-hydrogen) atoms. The lowest BCUT2D eigenvalue weighted by molar-refractivity contribution is 0.390. The summed E-state index contributed by atoms with van der Waals surface area (Å²) < 4.78 is 60.5. The maximum atomic E-state index is 15.2. The molecule has 1 aromatic heterocycles. The summed E-state index contributed by atoms with van der Waals surface area (Å²) in [5.41, 5.74) is 1.01. The average molecular weight is 502 g/mol. The molecule has 0 aliphatic carbocycles. The minimum absolute atomic E-state index is 0.0583. The van der Waals surface area contributed by atoms with Gasteiger partial charge in [-0.15, -0.1) is 10.2 Å². The summed E-state index contributed by atoms with van der Waals surface area (Å²) in [6, 6.07) is 11.7. The number of aromatic nitrogens is 3. The van der Waals surface area contributed by atoms with Crippen molar-refractivity contribution in [3.63, 3.8) is 0 Å². The Morgan fingerprint density at radius 3 is 2.31 bits per heavy atom. The molecule has 3 heterocycles. The highest BCUT2D eigenvalue weighted by Crippen LogP contribution is 2.35. The van der Waals surface area contributed by atoms with Gasteiger partial charge in [-0.25, -0.2) is 17.2 Å². The SMILES string of the molecule is O=S1(=O)[C@H](c2ccccc2)CCCCN1Cc1cc(F)c(N2CCC(n3cnnc3)CC2)cc1F. The Labute approximate surface area is 204 Å². The number of anilines is 1. The lowest BCUT2D eigenvalue weighted by Gasteiger charge is -2.34. The van der Waals surface area contributed by atoms with E-state index in [-0.39, 0.29) is 23.8 Å². The van der Waals surface area contributed by atoms with E-state index in [1.807, 2.05) is 39.8 Å². The van der Waals surface area contributed by atoms with Crippen LogP contribution in [-0.2, 0) is 16.6 Å². The molecule has 10 heteroatoms. The Balaban J connectivity index is 1.33. The van der Waals surface area contributed by atoms with Crippen LogP contribution >= 0.6 is 0 Å². The van der Waals surface area contributed by atoms with Gasteiger partial charge in [0, 0.05) is 43.9 Å². The highest BCUT2D eigenvalue weighted by Gasteiger charge is 2.35. The third-order valence-electron chi connectivity index (χ3n) is 7.14.